The van der Waals surface area contributed by atoms with Crippen molar-refractivity contribution in [3.63, 3.8) is 0 Å². The third-order valence-corrected chi connectivity index (χ3v) is 7.23. The Labute approximate surface area is 191 Å². The third kappa shape index (κ3) is 4.36. The second-order valence-corrected chi connectivity index (χ2v) is 9.38. The van der Waals surface area contributed by atoms with E-state index in [9.17, 15) is 5.11 Å². The van der Waals surface area contributed by atoms with Gasteiger partial charge in [0.25, 0.3) is 0 Å². The van der Waals surface area contributed by atoms with Crippen LogP contribution in [0.25, 0.3) is 11.1 Å². The summed E-state index contributed by atoms with van der Waals surface area (Å²) < 4.78 is 0. The van der Waals surface area contributed by atoms with Crippen molar-refractivity contribution in [2.24, 2.45) is 0 Å². The Kier molecular flexibility index (Phi) is 6.35. The van der Waals surface area contributed by atoms with Crippen LogP contribution in [0.5, 0.6) is 0 Å². The second-order valence-electron chi connectivity index (χ2n) is 9.38. The van der Waals surface area contributed by atoms with Gasteiger partial charge in [-0.1, -0.05) is 60.2 Å². The molecule has 2 aromatic carbocycles. The zero-order valence-electron chi connectivity index (χ0n) is 18.9. The lowest BCUT2D eigenvalue weighted by Gasteiger charge is -2.57. The van der Waals surface area contributed by atoms with Crippen LogP contribution in [0.4, 0.5) is 0 Å². The first-order valence-electron chi connectivity index (χ1n) is 11.9. The highest BCUT2D eigenvalue weighted by Crippen LogP contribution is 2.42. The number of rotatable bonds is 5. The van der Waals surface area contributed by atoms with Gasteiger partial charge in [-0.25, -0.2) is 0 Å². The lowest BCUT2D eigenvalue weighted by Crippen LogP contribution is -2.67. The van der Waals surface area contributed by atoms with Crippen LogP contribution in [0.3, 0.4) is 0 Å². The van der Waals surface area contributed by atoms with E-state index in [0.29, 0.717) is 12.0 Å². The fourth-order valence-electron chi connectivity index (χ4n) is 5.63. The molecule has 0 unspecified atom stereocenters. The number of benzene rings is 2. The topological polar surface area (TPSA) is 39.6 Å². The number of hydrogen-bond donors (Lipinski definition) is 1. The van der Waals surface area contributed by atoms with Crippen molar-refractivity contribution in [2.45, 2.75) is 44.3 Å². The molecule has 0 spiro atoms. The number of hydrogen-bond acceptors (Lipinski definition) is 4. The lowest BCUT2D eigenvalue weighted by molar-refractivity contribution is -0.0655. The minimum atomic E-state index is 0.225. The average Bonchev–Trinajstić information content (AvgIpc) is 2.81. The van der Waals surface area contributed by atoms with Gasteiger partial charge in [-0.15, -0.1) is 0 Å². The van der Waals surface area contributed by atoms with E-state index >= 15 is 0 Å². The number of nitrogens with zero attached hydrogens (tertiary/aromatic N) is 3. The zero-order chi connectivity index (χ0) is 21.9. The third-order valence-electron chi connectivity index (χ3n) is 7.23. The van der Waals surface area contributed by atoms with E-state index in [-0.39, 0.29) is 12.6 Å². The maximum Gasteiger partial charge on any atom is 0.0593 e. The molecule has 1 N–H and O–H groups in total. The van der Waals surface area contributed by atoms with Crippen LogP contribution < -0.4 is 0 Å². The lowest BCUT2D eigenvalue weighted by atomic mass is 9.74. The summed E-state index contributed by atoms with van der Waals surface area (Å²) in [6, 6.07) is 22.6. The summed E-state index contributed by atoms with van der Waals surface area (Å²) in [4.78, 5) is 9.43. The Morgan fingerprint density at radius 3 is 2.56 bits per heavy atom. The summed E-state index contributed by atoms with van der Waals surface area (Å²) in [5.41, 5.74) is 6.43. The summed E-state index contributed by atoms with van der Waals surface area (Å²) in [6.45, 7) is 6.56. The normalized spacial score (nSPS) is 24.2. The Bertz CT molecular complexity index is 1020. The standard InChI is InChI=1S/C28H33N3O/c1-21-6-4-8-25(16-21)23-9-11-24(12-10-23)28-26-19-30(18-22-7-5-13-29-17-22)14-2-3-15-31(26)27(28)20-32/h4-13,16-17,26-28,32H,2-3,14-15,18-20H2,1H3/t26-,27-,28+/m0/s1. The molecular formula is C28H33N3O. The molecule has 2 saturated heterocycles. The molecule has 3 aromatic rings. The Morgan fingerprint density at radius 2 is 1.81 bits per heavy atom. The van der Waals surface area contributed by atoms with Gasteiger partial charge in [0.15, 0.2) is 0 Å². The van der Waals surface area contributed by atoms with E-state index in [1.807, 2.05) is 18.5 Å². The van der Waals surface area contributed by atoms with Gasteiger partial charge >= 0.3 is 0 Å². The molecular weight excluding hydrogens is 394 g/mol. The first-order valence-corrected chi connectivity index (χ1v) is 11.9. The fraction of sp³-hybridized carbons (Fsp3) is 0.393. The molecule has 32 heavy (non-hydrogen) atoms. The fourth-order valence-corrected chi connectivity index (χ4v) is 5.63. The second kappa shape index (κ2) is 9.53. The van der Waals surface area contributed by atoms with E-state index in [1.54, 1.807) is 0 Å². The summed E-state index contributed by atoms with van der Waals surface area (Å²) in [5.74, 6) is 0.376. The van der Waals surface area contributed by atoms with Crippen LogP contribution in [-0.2, 0) is 6.54 Å². The van der Waals surface area contributed by atoms with Crippen molar-refractivity contribution in [3.8, 4) is 11.1 Å². The van der Waals surface area contributed by atoms with E-state index < -0.39 is 0 Å². The number of fused-ring (bicyclic) bond motifs is 1. The Balaban J connectivity index is 1.36. The molecule has 0 amide bonds. The van der Waals surface area contributed by atoms with Gasteiger partial charge in [0.2, 0.25) is 0 Å². The van der Waals surface area contributed by atoms with Gasteiger partial charge in [0.05, 0.1) is 6.61 Å². The molecule has 2 aliphatic heterocycles. The van der Waals surface area contributed by atoms with Crippen molar-refractivity contribution < 1.29 is 5.11 Å². The molecule has 0 bridgehead atoms. The van der Waals surface area contributed by atoms with E-state index in [1.165, 1.54) is 40.7 Å². The molecule has 3 atom stereocenters. The smallest absolute Gasteiger partial charge is 0.0593 e. The molecule has 2 fully saturated rings. The van der Waals surface area contributed by atoms with Crippen LogP contribution in [0, 0.1) is 6.92 Å². The van der Waals surface area contributed by atoms with E-state index in [4.69, 9.17) is 0 Å². The molecule has 5 rings (SSSR count). The summed E-state index contributed by atoms with van der Waals surface area (Å²) >= 11 is 0. The maximum absolute atomic E-state index is 10.2. The number of pyridine rings is 1. The van der Waals surface area contributed by atoms with Gasteiger partial charge in [-0.05, 0) is 61.2 Å². The van der Waals surface area contributed by atoms with Gasteiger partial charge in [-0.2, -0.15) is 0 Å². The zero-order valence-corrected chi connectivity index (χ0v) is 18.9. The molecule has 4 nitrogen and oxygen atoms in total. The molecule has 1 aromatic heterocycles. The van der Waals surface area contributed by atoms with Crippen LogP contribution in [0.1, 0.15) is 35.4 Å². The quantitative estimate of drug-likeness (QED) is 0.652. The predicted octanol–water partition coefficient (Wildman–Crippen LogP) is 4.48. The van der Waals surface area contributed by atoms with Crippen LogP contribution in [0.15, 0.2) is 73.1 Å². The number of aryl methyl sites for hydroxylation is 1. The van der Waals surface area contributed by atoms with Gasteiger partial charge in [0.1, 0.15) is 0 Å². The van der Waals surface area contributed by atoms with Gasteiger partial charge in [0, 0.05) is 43.5 Å². The SMILES string of the molecule is Cc1cccc(-c2ccc([C@H]3[C@H](CO)N4CCCCN(Cc5cccnc5)C[C@@H]34)cc2)c1. The van der Waals surface area contributed by atoms with Crippen molar-refractivity contribution in [1.82, 2.24) is 14.8 Å². The molecule has 0 saturated carbocycles. The van der Waals surface area contributed by atoms with E-state index in [2.05, 4.69) is 76.3 Å². The highest BCUT2D eigenvalue weighted by atomic mass is 16.3. The minimum absolute atomic E-state index is 0.225. The Morgan fingerprint density at radius 1 is 0.969 bits per heavy atom. The molecule has 2 aliphatic rings. The summed E-state index contributed by atoms with van der Waals surface area (Å²) in [7, 11) is 0. The number of aliphatic hydroxyl groups excluding tert-OH is 1. The van der Waals surface area contributed by atoms with Gasteiger partial charge < -0.3 is 5.11 Å². The molecule has 3 heterocycles. The molecule has 4 heteroatoms. The van der Waals surface area contributed by atoms with Gasteiger partial charge in [-0.3, -0.25) is 14.8 Å². The summed E-state index contributed by atoms with van der Waals surface area (Å²) in [5, 5.41) is 10.2. The Hall–Kier alpha value is -2.53. The highest BCUT2D eigenvalue weighted by Gasteiger charge is 2.48. The minimum Gasteiger partial charge on any atom is -0.395 e. The highest BCUT2D eigenvalue weighted by molar-refractivity contribution is 5.64. The first-order chi connectivity index (χ1) is 15.7. The van der Waals surface area contributed by atoms with Crippen molar-refractivity contribution in [3.05, 3.63) is 89.7 Å². The van der Waals surface area contributed by atoms with Crippen LogP contribution >= 0.6 is 0 Å². The van der Waals surface area contributed by atoms with Crippen molar-refractivity contribution in [1.29, 1.82) is 0 Å². The summed E-state index contributed by atoms with van der Waals surface area (Å²) in [6.07, 6.45) is 6.22. The van der Waals surface area contributed by atoms with Crippen LogP contribution in [0.2, 0.25) is 0 Å². The number of aromatic nitrogens is 1. The molecule has 0 aliphatic carbocycles. The monoisotopic (exact) mass is 427 g/mol. The largest absolute Gasteiger partial charge is 0.395 e. The molecule has 166 valence electrons. The average molecular weight is 428 g/mol. The predicted molar refractivity (Wildman–Crippen MR) is 129 cm³/mol. The van der Waals surface area contributed by atoms with Crippen LogP contribution in [-0.4, -0.2) is 58.2 Å². The molecule has 0 radical (unpaired) electrons. The van der Waals surface area contributed by atoms with Crippen molar-refractivity contribution >= 4 is 0 Å². The van der Waals surface area contributed by atoms with E-state index in [0.717, 1.165) is 26.2 Å². The maximum atomic E-state index is 10.2. The van der Waals surface area contributed by atoms with Crippen molar-refractivity contribution in [2.75, 3.05) is 26.2 Å². The number of aliphatic hydroxyl groups is 1. The first kappa shape index (κ1) is 21.3.